The Labute approximate surface area is 93.9 Å². The number of likely N-dealkylation sites (tertiary alicyclic amines) is 1. The van der Waals surface area contributed by atoms with Crippen LogP contribution in [0.4, 0.5) is 22.0 Å². The van der Waals surface area contributed by atoms with E-state index in [1.54, 1.807) is 0 Å². The summed E-state index contributed by atoms with van der Waals surface area (Å²) in [6.07, 6.45) is -5.12. The molecule has 2 saturated heterocycles. The normalized spacial score (nSPS) is 29.6. The molecule has 1 N–H and O–H groups in total. The van der Waals surface area contributed by atoms with Crippen molar-refractivity contribution in [3.05, 3.63) is 0 Å². The van der Waals surface area contributed by atoms with Gasteiger partial charge in [-0.05, 0) is 18.9 Å². The molecular weight excluding hydrogens is 247 g/mol. The average Bonchev–Trinajstić information content (AvgIpc) is 2.73. The molecule has 3 nitrogen and oxygen atoms in total. The van der Waals surface area contributed by atoms with Crippen LogP contribution in [0.1, 0.15) is 6.42 Å². The van der Waals surface area contributed by atoms with E-state index in [1.807, 2.05) is 0 Å². The molecule has 2 aliphatic heterocycles. The lowest BCUT2D eigenvalue weighted by atomic mass is 10.1. The molecule has 2 atom stereocenters. The van der Waals surface area contributed by atoms with Crippen molar-refractivity contribution in [1.29, 1.82) is 0 Å². The fourth-order valence-electron chi connectivity index (χ4n) is 2.33. The first-order valence-corrected chi connectivity index (χ1v) is 5.21. The molecule has 0 aromatic carbocycles. The summed E-state index contributed by atoms with van der Waals surface area (Å²) in [4.78, 5) is 11.8. The number of carbonyl (C=O) groups excluding carboxylic acids is 1. The van der Waals surface area contributed by atoms with Gasteiger partial charge in [0.1, 0.15) is 0 Å². The van der Waals surface area contributed by atoms with E-state index in [2.05, 4.69) is 5.32 Å². The van der Waals surface area contributed by atoms with E-state index in [0.717, 1.165) is 0 Å². The van der Waals surface area contributed by atoms with Gasteiger partial charge < -0.3 is 10.2 Å². The third-order valence-corrected chi connectivity index (χ3v) is 3.27. The summed E-state index contributed by atoms with van der Waals surface area (Å²) in [6, 6.07) is -0.150. The van der Waals surface area contributed by atoms with E-state index in [1.165, 1.54) is 0 Å². The Bertz CT molecular complexity index is 318. The highest BCUT2D eigenvalue weighted by Gasteiger charge is 2.65. The van der Waals surface area contributed by atoms with Gasteiger partial charge in [0, 0.05) is 19.1 Å². The van der Waals surface area contributed by atoms with E-state index in [4.69, 9.17) is 0 Å². The van der Waals surface area contributed by atoms with Gasteiger partial charge in [0.05, 0.1) is 0 Å². The Morgan fingerprint density at radius 1 is 1.18 bits per heavy atom. The Hall–Kier alpha value is -0.920. The van der Waals surface area contributed by atoms with Gasteiger partial charge in [0.2, 0.25) is 0 Å². The Kier molecular flexibility index (Phi) is 2.80. The maximum atomic E-state index is 12.8. The van der Waals surface area contributed by atoms with Crippen molar-refractivity contribution in [2.45, 2.75) is 24.6 Å². The van der Waals surface area contributed by atoms with Crippen LogP contribution in [0.2, 0.25) is 0 Å². The van der Waals surface area contributed by atoms with Crippen molar-refractivity contribution in [1.82, 2.24) is 10.2 Å². The summed E-state index contributed by atoms with van der Waals surface area (Å²) < 4.78 is 61.7. The number of halogens is 5. The number of amides is 1. The molecule has 2 rings (SSSR count). The minimum atomic E-state index is -5.82. The predicted molar refractivity (Wildman–Crippen MR) is 47.5 cm³/mol. The van der Waals surface area contributed by atoms with Gasteiger partial charge >= 0.3 is 18.0 Å². The fraction of sp³-hybridized carbons (Fsp3) is 0.889. The zero-order valence-electron chi connectivity index (χ0n) is 8.73. The van der Waals surface area contributed by atoms with Crippen molar-refractivity contribution in [2.75, 3.05) is 19.6 Å². The lowest BCUT2D eigenvalue weighted by molar-refractivity contribution is -0.274. The standard InChI is InChI=1S/C9H11F5N2O/c10-8(11,9(12,13)14)7(17)16-3-5-1-2-15-6(5)4-16/h5-6,15H,1-4H2/t5-,6+/m0/s1. The summed E-state index contributed by atoms with van der Waals surface area (Å²) in [5, 5.41) is 2.97. The Balaban J connectivity index is 2.07. The van der Waals surface area contributed by atoms with Crippen LogP contribution < -0.4 is 5.32 Å². The van der Waals surface area contributed by atoms with Crippen LogP contribution in [0.3, 0.4) is 0 Å². The van der Waals surface area contributed by atoms with E-state index >= 15 is 0 Å². The highest BCUT2D eigenvalue weighted by molar-refractivity contribution is 5.84. The molecule has 98 valence electrons. The molecule has 0 aromatic rings. The van der Waals surface area contributed by atoms with Crippen LogP contribution in [0, 0.1) is 5.92 Å². The molecule has 8 heteroatoms. The van der Waals surface area contributed by atoms with Crippen molar-refractivity contribution >= 4 is 5.91 Å². The number of carbonyl (C=O) groups is 1. The monoisotopic (exact) mass is 258 g/mol. The molecule has 2 aliphatic rings. The summed E-state index contributed by atoms with van der Waals surface area (Å²) in [5.74, 6) is -7.43. The Morgan fingerprint density at radius 2 is 1.82 bits per heavy atom. The lowest BCUT2D eigenvalue weighted by Gasteiger charge is -2.25. The zero-order valence-corrected chi connectivity index (χ0v) is 8.73. The first kappa shape index (κ1) is 12.5. The fourth-order valence-corrected chi connectivity index (χ4v) is 2.33. The molecule has 2 heterocycles. The predicted octanol–water partition coefficient (Wildman–Crippen LogP) is 1.00. The number of hydrogen-bond acceptors (Lipinski definition) is 2. The number of nitrogens with zero attached hydrogens (tertiary/aromatic N) is 1. The van der Waals surface area contributed by atoms with Gasteiger partial charge in [-0.2, -0.15) is 22.0 Å². The van der Waals surface area contributed by atoms with Crippen molar-refractivity contribution in [3.63, 3.8) is 0 Å². The van der Waals surface area contributed by atoms with Crippen molar-refractivity contribution in [3.8, 4) is 0 Å². The van der Waals surface area contributed by atoms with Gasteiger partial charge in [-0.3, -0.25) is 4.79 Å². The second-order valence-corrected chi connectivity index (χ2v) is 4.39. The van der Waals surface area contributed by atoms with Crippen LogP contribution in [0.25, 0.3) is 0 Å². The summed E-state index contributed by atoms with van der Waals surface area (Å²) in [6.45, 7) is 0.615. The zero-order chi connectivity index (χ0) is 12.8. The van der Waals surface area contributed by atoms with Crippen LogP contribution in [-0.2, 0) is 4.79 Å². The molecular formula is C9H11F5N2O. The molecule has 17 heavy (non-hydrogen) atoms. The summed E-state index contributed by atoms with van der Waals surface area (Å²) in [7, 11) is 0. The van der Waals surface area contributed by atoms with E-state index < -0.39 is 18.0 Å². The van der Waals surface area contributed by atoms with E-state index in [-0.39, 0.29) is 25.0 Å². The van der Waals surface area contributed by atoms with Gasteiger partial charge in [0.15, 0.2) is 0 Å². The molecule has 1 amide bonds. The largest absolute Gasteiger partial charge is 0.463 e. The minimum Gasteiger partial charge on any atom is -0.335 e. The number of fused-ring (bicyclic) bond motifs is 1. The van der Waals surface area contributed by atoms with Crippen LogP contribution >= 0.6 is 0 Å². The van der Waals surface area contributed by atoms with Crippen LogP contribution in [-0.4, -0.2) is 48.6 Å². The second-order valence-electron chi connectivity index (χ2n) is 4.39. The van der Waals surface area contributed by atoms with Gasteiger partial charge in [-0.15, -0.1) is 0 Å². The second kappa shape index (κ2) is 3.79. The number of hydrogen-bond donors (Lipinski definition) is 1. The van der Waals surface area contributed by atoms with Gasteiger partial charge in [-0.25, -0.2) is 0 Å². The molecule has 0 bridgehead atoms. The number of alkyl halides is 5. The molecule has 0 aromatic heterocycles. The third-order valence-electron chi connectivity index (χ3n) is 3.27. The lowest BCUT2D eigenvalue weighted by Crippen LogP contribution is -2.52. The van der Waals surface area contributed by atoms with E-state index in [9.17, 15) is 26.7 Å². The minimum absolute atomic E-state index is 0.0111. The third kappa shape index (κ3) is 1.98. The Morgan fingerprint density at radius 3 is 2.35 bits per heavy atom. The number of rotatable bonds is 1. The highest BCUT2D eigenvalue weighted by Crippen LogP contribution is 2.38. The first-order chi connectivity index (χ1) is 7.73. The smallest absolute Gasteiger partial charge is 0.335 e. The maximum absolute atomic E-state index is 12.8. The summed E-state index contributed by atoms with van der Waals surface area (Å²) in [5.41, 5.74) is 0. The average molecular weight is 258 g/mol. The van der Waals surface area contributed by atoms with Gasteiger partial charge in [-0.1, -0.05) is 0 Å². The first-order valence-electron chi connectivity index (χ1n) is 5.21. The van der Waals surface area contributed by atoms with Crippen molar-refractivity contribution < 1.29 is 26.7 Å². The summed E-state index contributed by atoms with van der Waals surface area (Å²) >= 11 is 0. The molecule has 0 radical (unpaired) electrons. The molecule has 0 saturated carbocycles. The maximum Gasteiger partial charge on any atom is 0.463 e. The van der Waals surface area contributed by atoms with Crippen LogP contribution in [0.15, 0.2) is 0 Å². The molecule has 0 unspecified atom stereocenters. The van der Waals surface area contributed by atoms with Crippen LogP contribution in [0.5, 0.6) is 0 Å². The van der Waals surface area contributed by atoms with Crippen molar-refractivity contribution in [2.24, 2.45) is 5.92 Å². The quantitative estimate of drug-likeness (QED) is 0.712. The molecule has 0 spiro atoms. The number of nitrogens with one attached hydrogen (secondary N) is 1. The SMILES string of the molecule is O=C(N1C[C@@H]2CCN[C@@H]2C1)C(F)(F)C(F)(F)F. The molecule has 0 aliphatic carbocycles. The topological polar surface area (TPSA) is 32.3 Å². The highest BCUT2D eigenvalue weighted by atomic mass is 19.4. The van der Waals surface area contributed by atoms with Gasteiger partial charge in [0.25, 0.3) is 0 Å². The molecule has 2 fully saturated rings. The van der Waals surface area contributed by atoms with E-state index in [0.29, 0.717) is 17.9 Å².